The maximum atomic E-state index is 11.5. The number of rotatable bonds is 9. The highest BCUT2D eigenvalue weighted by Crippen LogP contribution is 2.23. The van der Waals surface area contributed by atoms with Crippen molar-refractivity contribution in [3.8, 4) is 22.6 Å². The first-order valence-corrected chi connectivity index (χ1v) is 10.9. The van der Waals surface area contributed by atoms with Gasteiger partial charge in [0.05, 0.1) is 17.8 Å². The molecule has 6 nitrogen and oxygen atoms in total. The summed E-state index contributed by atoms with van der Waals surface area (Å²) in [7, 11) is 0. The van der Waals surface area contributed by atoms with E-state index in [1.54, 1.807) is 18.3 Å². The first-order valence-electron chi connectivity index (χ1n) is 10.9. The lowest BCUT2D eigenvalue weighted by Gasteiger charge is -2.08. The van der Waals surface area contributed by atoms with Crippen LogP contribution in [0, 0.1) is 0 Å². The molecule has 0 spiro atoms. The number of hydrogen-bond acceptors (Lipinski definition) is 4. The van der Waals surface area contributed by atoms with Crippen LogP contribution in [0.5, 0.6) is 0 Å². The van der Waals surface area contributed by atoms with Gasteiger partial charge >= 0.3 is 5.97 Å². The lowest BCUT2D eigenvalue weighted by molar-refractivity contribution is 0.0697. The Morgan fingerprint density at radius 2 is 1.72 bits per heavy atom. The Kier molecular flexibility index (Phi) is 6.70. The maximum absolute atomic E-state index is 11.5. The number of pyridine rings is 1. The quantitative estimate of drug-likeness (QED) is 0.358. The van der Waals surface area contributed by atoms with Gasteiger partial charge in [-0.05, 0) is 24.1 Å². The van der Waals surface area contributed by atoms with Gasteiger partial charge in [0.25, 0.3) is 0 Å². The fraction of sp³-hybridized carbons (Fsp3) is 0.231. The van der Waals surface area contributed by atoms with E-state index in [0.717, 1.165) is 54.0 Å². The third-order valence-corrected chi connectivity index (χ3v) is 5.38. The Morgan fingerprint density at radius 1 is 0.938 bits per heavy atom. The number of hydrogen-bond donors (Lipinski definition) is 1. The van der Waals surface area contributed by atoms with E-state index in [1.807, 2.05) is 59.3 Å². The summed E-state index contributed by atoms with van der Waals surface area (Å²) in [6, 6.07) is 21.0. The average Bonchev–Trinajstić information content (AvgIpc) is 3.23. The molecular weight excluding hydrogens is 400 g/mol. The van der Waals surface area contributed by atoms with Gasteiger partial charge in [-0.25, -0.2) is 14.5 Å². The third-order valence-electron chi connectivity index (χ3n) is 5.38. The van der Waals surface area contributed by atoms with E-state index in [1.165, 1.54) is 0 Å². The molecule has 0 radical (unpaired) electrons. The summed E-state index contributed by atoms with van der Waals surface area (Å²) in [4.78, 5) is 20.6. The van der Waals surface area contributed by atoms with Crippen LogP contribution >= 0.6 is 0 Å². The molecule has 6 heteroatoms. The molecule has 0 amide bonds. The lowest BCUT2D eigenvalue weighted by Crippen LogP contribution is -2.07. The van der Waals surface area contributed by atoms with Crippen LogP contribution in [0.1, 0.15) is 47.9 Å². The summed E-state index contributed by atoms with van der Waals surface area (Å²) in [5, 5.41) is 14.2. The second kappa shape index (κ2) is 10.0. The van der Waals surface area contributed by atoms with Crippen LogP contribution in [0.2, 0.25) is 0 Å². The summed E-state index contributed by atoms with van der Waals surface area (Å²) < 4.78 is 1.98. The van der Waals surface area contributed by atoms with Crippen molar-refractivity contribution in [2.45, 2.75) is 39.2 Å². The van der Waals surface area contributed by atoms with E-state index >= 15 is 0 Å². The maximum Gasteiger partial charge on any atom is 0.337 e. The number of aromatic nitrogens is 4. The topological polar surface area (TPSA) is 80.9 Å². The highest BCUT2D eigenvalue weighted by atomic mass is 16.4. The normalized spacial score (nSPS) is 10.9. The van der Waals surface area contributed by atoms with E-state index in [0.29, 0.717) is 12.2 Å². The minimum absolute atomic E-state index is 0.197. The van der Waals surface area contributed by atoms with Gasteiger partial charge in [0.2, 0.25) is 0 Å². The Labute approximate surface area is 187 Å². The van der Waals surface area contributed by atoms with Crippen molar-refractivity contribution in [2.75, 3.05) is 0 Å². The van der Waals surface area contributed by atoms with Gasteiger partial charge in [-0.2, -0.15) is 5.10 Å². The summed E-state index contributed by atoms with van der Waals surface area (Å²) in [5.41, 5.74) is 3.53. The molecule has 4 aromatic rings. The fourth-order valence-corrected chi connectivity index (χ4v) is 3.68. The molecule has 0 fully saturated rings. The number of carbonyl (C=O) groups is 1. The van der Waals surface area contributed by atoms with E-state index in [9.17, 15) is 9.90 Å². The minimum atomic E-state index is -0.982. The molecule has 2 heterocycles. The highest BCUT2D eigenvalue weighted by Gasteiger charge is 2.14. The third kappa shape index (κ3) is 4.91. The lowest BCUT2D eigenvalue weighted by atomic mass is 10.0. The van der Waals surface area contributed by atoms with E-state index in [2.05, 4.69) is 11.9 Å². The standard InChI is InChI=1S/C26H26N4O2/c1-2-3-5-12-23-28-25(21-9-6-4-7-10-21)29-30(23)18-19-13-15-20(16-14-19)24-22(26(31)32)11-8-17-27-24/h4,6-11,13-17H,2-3,5,12,18H2,1H3,(H,31,32). The number of benzene rings is 2. The van der Waals surface area contributed by atoms with Gasteiger partial charge in [0.1, 0.15) is 5.82 Å². The summed E-state index contributed by atoms with van der Waals surface area (Å²) >= 11 is 0. The molecule has 32 heavy (non-hydrogen) atoms. The largest absolute Gasteiger partial charge is 0.478 e. The molecule has 2 aromatic carbocycles. The summed E-state index contributed by atoms with van der Waals surface area (Å²) in [6.45, 7) is 2.80. The zero-order valence-electron chi connectivity index (χ0n) is 18.1. The van der Waals surface area contributed by atoms with Crippen LogP contribution in [0.15, 0.2) is 72.9 Å². The van der Waals surface area contributed by atoms with Crippen molar-refractivity contribution >= 4 is 5.97 Å². The van der Waals surface area contributed by atoms with Crippen LogP contribution < -0.4 is 0 Å². The molecule has 162 valence electrons. The minimum Gasteiger partial charge on any atom is -0.478 e. The van der Waals surface area contributed by atoms with Gasteiger partial charge < -0.3 is 5.11 Å². The van der Waals surface area contributed by atoms with E-state index < -0.39 is 5.97 Å². The molecule has 0 saturated heterocycles. The highest BCUT2D eigenvalue weighted by molar-refractivity contribution is 5.94. The van der Waals surface area contributed by atoms with Crippen LogP contribution in [0.25, 0.3) is 22.6 Å². The molecule has 0 aliphatic heterocycles. The van der Waals surface area contributed by atoms with Crippen molar-refractivity contribution in [3.63, 3.8) is 0 Å². The SMILES string of the molecule is CCCCCc1nc(-c2ccccc2)nn1Cc1ccc(-c2ncccc2C(=O)O)cc1. The van der Waals surface area contributed by atoms with Crippen molar-refractivity contribution in [2.24, 2.45) is 0 Å². The average molecular weight is 427 g/mol. The molecule has 0 unspecified atom stereocenters. The number of carboxylic acids is 1. The first kappa shape index (κ1) is 21.4. The molecule has 0 atom stereocenters. The number of carboxylic acid groups (broad SMARTS) is 1. The van der Waals surface area contributed by atoms with Crippen molar-refractivity contribution < 1.29 is 9.90 Å². The number of aryl methyl sites for hydroxylation is 1. The van der Waals surface area contributed by atoms with Gasteiger partial charge in [0.15, 0.2) is 5.82 Å². The Bertz CT molecular complexity index is 1180. The predicted molar refractivity (Wildman–Crippen MR) is 124 cm³/mol. The summed E-state index contributed by atoms with van der Waals surface area (Å²) in [5.74, 6) is 0.748. The smallest absolute Gasteiger partial charge is 0.337 e. The Balaban J connectivity index is 1.59. The summed E-state index contributed by atoms with van der Waals surface area (Å²) in [6.07, 6.45) is 5.91. The second-order valence-electron chi connectivity index (χ2n) is 7.73. The van der Waals surface area contributed by atoms with Crippen LogP contribution in [-0.4, -0.2) is 30.8 Å². The van der Waals surface area contributed by atoms with Crippen LogP contribution in [0.4, 0.5) is 0 Å². The van der Waals surface area contributed by atoms with Crippen molar-refractivity contribution in [1.82, 2.24) is 19.7 Å². The van der Waals surface area contributed by atoms with Crippen LogP contribution in [-0.2, 0) is 13.0 Å². The van der Waals surface area contributed by atoms with Gasteiger partial charge in [-0.1, -0.05) is 74.4 Å². The van der Waals surface area contributed by atoms with Crippen molar-refractivity contribution in [1.29, 1.82) is 0 Å². The molecule has 4 rings (SSSR count). The molecule has 0 aliphatic carbocycles. The van der Waals surface area contributed by atoms with Gasteiger partial charge in [-0.15, -0.1) is 0 Å². The Morgan fingerprint density at radius 3 is 2.44 bits per heavy atom. The van der Waals surface area contributed by atoms with Gasteiger partial charge in [-0.3, -0.25) is 4.98 Å². The number of unbranched alkanes of at least 4 members (excludes halogenated alkanes) is 2. The fourth-order valence-electron chi connectivity index (χ4n) is 3.68. The predicted octanol–water partition coefficient (Wildman–Crippen LogP) is 5.49. The molecule has 0 bridgehead atoms. The zero-order chi connectivity index (χ0) is 22.3. The van der Waals surface area contributed by atoms with E-state index in [-0.39, 0.29) is 5.56 Å². The van der Waals surface area contributed by atoms with Crippen LogP contribution in [0.3, 0.4) is 0 Å². The molecule has 0 aliphatic rings. The first-order chi connectivity index (χ1) is 15.7. The second-order valence-corrected chi connectivity index (χ2v) is 7.73. The molecule has 2 aromatic heterocycles. The molecular formula is C26H26N4O2. The zero-order valence-corrected chi connectivity index (χ0v) is 18.1. The van der Waals surface area contributed by atoms with Gasteiger partial charge in [0, 0.05) is 23.7 Å². The Hall–Kier alpha value is -3.80. The number of nitrogens with zero attached hydrogens (tertiary/aromatic N) is 4. The monoisotopic (exact) mass is 426 g/mol. The molecule has 0 saturated carbocycles. The number of aromatic carboxylic acids is 1. The molecule has 1 N–H and O–H groups in total. The van der Waals surface area contributed by atoms with E-state index in [4.69, 9.17) is 10.1 Å². The van der Waals surface area contributed by atoms with Crippen molar-refractivity contribution in [3.05, 3.63) is 89.9 Å².